The maximum atomic E-state index is 10.7. The number of aliphatic carboxylic acids is 1. The first-order valence-corrected chi connectivity index (χ1v) is 8.61. The van der Waals surface area contributed by atoms with E-state index in [0.29, 0.717) is 36.2 Å². The Morgan fingerprint density at radius 1 is 1.12 bits per heavy atom. The van der Waals surface area contributed by atoms with Crippen molar-refractivity contribution in [2.24, 2.45) is 0 Å². The molecular formula is C17H17N5O2S. The molecule has 8 heteroatoms. The highest BCUT2D eigenvalue weighted by Crippen LogP contribution is 2.19. The first-order valence-electron chi connectivity index (χ1n) is 7.73. The van der Waals surface area contributed by atoms with Crippen molar-refractivity contribution >= 4 is 28.9 Å². The van der Waals surface area contributed by atoms with Crippen molar-refractivity contribution in [1.29, 1.82) is 0 Å². The minimum atomic E-state index is -0.859. The number of anilines is 2. The van der Waals surface area contributed by atoms with Gasteiger partial charge in [-0.15, -0.1) is 11.3 Å². The molecule has 128 valence electrons. The van der Waals surface area contributed by atoms with E-state index in [1.54, 1.807) is 23.6 Å². The van der Waals surface area contributed by atoms with E-state index in [2.05, 4.69) is 25.6 Å². The number of hydrogen-bond acceptors (Lipinski definition) is 7. The summed E-state index contributed by atoms with van der Waals surface area (Å²) in [5.74, 6) is 0.838. The molecule has 0 radical (unpaired) electrons. The number of carboxylic acids is 1. The van der Waals surface area contributed by atoms with Crippen LogP contribution in [0.2, 0.25) is 0 Å². The van der Waals surface area contributed by atoms with E-state index in [4.69, 9.17) is 5.11 Å². The van der Waals surface area contributed by atoms with Crippen LogP contribution in [0, 0.1) is 0 Å². The van der Waals surface area contributed by atoms with Crippen LogP contribution in [-0.2, 0) is 11.3 Å². The van der Waals surface area contributed by atoms with Crippen LogP contribution in [0.15, 0.2) is 48.0 Å². The molecule has 0 unspecified atom stereocenters. The summed E-state index contributed by atoms with van der Waals surface area (Å²) >= 11 is 1.66. The predicted molar refractivity (Wildman–Crippen MR) is 97.7 cm³/mol. The van der Waals surface area contributed by atoms with Gasteiger partial charge in [-0.2, -0.15) is 0 Å². The van der Waals surface area contributed by atoms with Gasteiger partial charge in [0.05, 0.1) is 13.0 Å². The molecular weight excluding hydrogens is 338 g/mol. The van der Waals surface area contributed by atoms with E-state index in [0.717, 1.165) is 0 Å². The third-order valence-electron chi connectivity index (χ3n) is 3.29. The molecule has 0 aliphatic carbocycles. The molecule has 0 amide bonds. The van der Waals surface area contributed by atoms with Crippen LogP contribution in [0.3, 0.4) is 0 Å². The molecule has 0 aliphatic heterocycles. The number of nitrogens with one attached hydrogen (secondary N) is 2. The van der Waals surface area contributed by atoms with Gasteiger partial charge in [0, 0.05) is 23.7 Å². The van der Waals surface area contributed by atoms with Crippen LogP contribution in [0.25, 0.3) is 11.5 Å². The molecule has 0 atom stereocenters. The minimum Gasteiger partial charge on any atom is -0.481 e. The van der Waals surface area contributed by atoms with Crippen molar-refractivity contribution < 1.29 is 9.90 Å². The Morgan fingerprint density at radius 3 is 2.64 bits per heavy atom. The second-order valence-electron chi connectivity index (χ2n) is 5.18. The van der Waals surface area contributed by atoms with Crippen LogP contribution < -0.4 is 10.6 Å². The molecule has 0 saturated heterocycles. The van der Waals surface area contributed by atoms with Gasteiger partial charge < -0.3 is 15.7 Å². The van der Waals surface area contributed by atoms with Crippen molar-refractivity contribution in [2.45, 2.75) is 13.0 Å². The first kappa shape index (κ1) is 16.8. The molecule has 0 saturated carbocycles. The van der Waals surface area contributed by atoms with Crippen LogP contribution in [-0.4, -0.2) is 32.6 Å². The molecule has 3 heterocycles. The minimum absolute atomic E-state index is 0.0148. The summed E-state index contributed by atoms with van der Waals surface area (Å²) in [6, 6.07) is 11.3. The Hall–Kier alpha value is -3.00. The fourth-order valence-corrected chi connectivity index (χ4v) is 2.77. The molecule has 0 aliphatic rings. The number of rotatable bonds is 8. The SMILES string of the molecule is O=C(O)CCNc1cc(NCc2cccs2)nc(-c2ccccn2)n1. The van der Waals surface area contributed by atoms with Gasteiger partial charge in [0.15, 0.2) is 5.82 Å². The topological polar surface area (TPSA) is 100 Å². The van der Waals surface area contributed by atoms with E-state index in [-0.39, 0.29) is 6.42 Å². The molecule has 3 rings (SSSR count). The number of hydrogen-bond donors (Lipinski definition) is 3. The monoisotopic (exact) mass is 355 g/mol. The number of aromatic nitrogens is 3. The molecule has 0 spiro atoms. The Balaban J connectivity index is 1.81. The second kappa shape index (κ2) is 8.20. The summed E-state index contributed by atoms with van der Waals surface area (Å²) in [7, 11) is 0. The van der Waals surface area contributed by atoms with E-state index in [1.807, 2.05) is 35.7 Å². The third-order valence-corrected chi connectivity index (χ3v) is 4.17. The Kier molecular flexibility index (Phi) is 5.53. The van der Waals surface area contributed by atoms with Crippen LogP contribution >= 0.6 is 11.3 Å². The van der Waals surface area contributed by atoms with Crippen molar-refractivity contribution in [2.75, 3.05) is 17.2 Å². The zero-order chi connectivity index (χ0) is 17.5. The van der Waals surface area contributed by atoms with E-state index in [9.17, 15) is 4.79 Å². The number of thiophene rings is 1. The number of carboxylic acid groups (broad SMARTS) is 1. The van der Waals surface area contributed by atoms with E-state index >= 15 is 0 Å². The normalized spacial score (nSPS) is 10.4. The zero-order valence-corrected chi connectivity index (χ0v) is 14.2. The maximum Gasteiger partial charge on any atom is 0.305 e. The van der Waals surface area contributed by atoms with Crippen LogP contribution in [0.1, 0.15) is 11.3 Å². The number of carbonyl (C=O) groups is 1. The first-order chi connectivity index (χ1) is 12.2. The third kappa shape index (κ3) is 4.98. The van der Waals surface area contributed by atoms with Crippen molar-refractivity contribution in [3.8, 4) is 11.5 Å². The summed E-state index contributed by atoms with van der Waals surface area (Å²) in [4.78, 5) is 25.1. The smallest absolute Gasteiger partial charge is 0.305 e. The Labute approximate surface area is 148 Å². The van der Waals surface area contributed by atoms with Gasteiger partial charge in [0.25, 0.3) is 0 Å². The Bertz CT molecular complexity index is 824. The largest absolute Gasteiger partial charge is 0.481 e. The molecule has 0 aromatic carbocycles. The van der Waals surface area contributed by atoms with Gasteiger partial charge in [-0.25, -0.2) is 9.97 Å². The lowest BCUT2D eigenvalue weighted by atomic mass is 10.3. The van der Waals surface area contributed by atoms with Gasteiger partial charge in [-0.3, -0.25) is 9.78 Å². The van der Waals surface area contributed by atoms with Crippen LogP contribution in [0.5, 0.6) is 0 Å². The maximum absolute atomic E-state index is 10.7. The van der Waals surface area contributed by atoms with E-state index in [1.165, 1.54) is 4.88 Å². The lowest BCUT2D eigenvalue weighted by molar-refractivity contribution is -0.136. The van der Waals surface area contributed by atoms with Crippen molar-refractivity contribution in [1.82, 2.24) is 15.0 Å². The van der Waals surface area contributed by atoms with Gasteiger partial charge in [-0.05, 0) is 23.6 Å². The van der Waals surface area contributed by atoms with Crippen LogP contribution in [0.4, 0.5) is 11.6 Å². The predicted octanol–water partition coefficient (Wildman–Crippen LogP) is 3.10. The summed E-state index contributed by atoms with van der Waals surface area (Å²) < 4.78 is 0. The highest BCUT2D eigenvalue weighted by molar-refractivity contribution is 7.09. The van der Waals surface area contributed by atoms with Gasteiger partial charge in [0.1, 0.15) is 17.3 Å². The van der Waals surface area contributed by atoms with Crippen molar-refractivity contribution in [3.63, 3.8) is 0 Å². The number of nitrogens with zero attached hydrogens (tertiary/aromatic N) is 3. The van der Waals surface area contributed by atoms with Gasteiger partial charge in [-0.1, -0.05) is 12.1 Å². The lowest BCUT2D eigenvalue weighted by Gasteiger charge is -2.10. The van der Waals surface area contributed by atoms with E-state index < -0.39 is 5.97 Å². The number of pyridine rings is 1. The molecule has 3 aromatic heterocycles. The molecule has 0 fully saturated rings. The highest BCUT2D eigenvalue weighted by Gasteiger charge is 2.08. The molecule has 3 aromatic rings. The van der Waals surface area contributed by atoms with Gasteiger partial charge in [0.2, 0.25) is 0 Å². The fraction of sp³-hybridized carbons (Fsp3) is 0.176. The average molecular weight is 355 g/mol. The molecule has 3 N–H and O–H groups in total. The molecule has 25 heavy (non-hydrogen) atoms. The van der Waals surface area contributed by atoms with Gasteiger partial charge >= 0.3 is 5.97 Å². The molecule has 0 bridgehead atoms. The highest BCUT2D eigenvalue weighted by atomic mass is 32.1. The van der Waals surface area contributed by atoms with Crippen molar-refractivity contribution in [3.05, 3.63) is 52.9 Å². The summed E-state index contributed by atoms with van der Waals surface area (Å²) in [6.07, 6.45) is 1.70. The quantitative estimate of drug-likeness (QED) is 0.571. The summed E-state index contributed by atoms with van der Waals surface area (Å²) in [5.41, 5.74) is 0.656. The molecule has 7 nitrogen and oxygen atoms in total. The average Bonchev–Trinajstić information content (AvgIpc) is 3.14. The lowest BCUT2D eigenvalue weighted by Crippen LogP contribution is -2.10. The summed E-state index contributed by atoms with van der Waals surface area (Å²) in [5, 5.41) is 17.1. The summed E-state index contributed by atoms with van der Waals surface area (Å²) in [6.45, 7) is 0.948. The standard InChI is InChI=1S/C17H17N5O2S/c23-16(24)6-8-19-14-10-15(20-11-12-4-3-9-25-12)22-17(21-14)13-5-1-2-7-18-13/h1-5,7,9-10H,6,8,11H2,(H,23,24)(H2,19,20,21,22). The second-order valence-corrected chi connectivity index (χ2v) is 6.21. The Morgan fingerprint density at radius 2 is 1.96 bits per heavy atom. The zero-order valence-electron chi connectivity index (χ0n) is 13.3. The fourth-order valence-electron chi connectivity index (χ4n) is 2.13.